The highest BCUT2D eigenvalue weighted by Gasteiger charge is 2.31. The second-order valence-electron chi connectivity index (χ2n) is 7.00. The molecule has 27 heavy (non-hydrogen) atoms. The van der Waals surface area contributed by atoms with Crippen LogP contribution in [-0.4, -0.2) is 31.7 Å². The summed E-state index contributed by atoms with van der Waals surface area (Å²) in [5, 5.41) is 2.74. The Morgan fingerprint density at radius 1 is 1.15 bits per heavy atom. The van der Waals surface area contributed by atoms with Crippen molar-refractivity contribution in [1.82, 2.24) is 4.31 Å². The number of carbonyl (C=O) groups excluding carboxylic acids is 1. The van der Waals surface area contributed by atoms with Crippen molar-refractivity contribution in [3.05, 3.63) is 59.4 Å². The number of hydrogen-bond acceptors (Lipinski definition) is 3. The lowest BCUT2D eigenvalue weighted by molar-refractivity contribution is 0.102. The van der Waals surface area contributed by atoms with Gasteiger partial charge in [-0.05, 0) is 55.5 Å². The van der Waals surface area contributed by atoms with Crippen molar-refractivity contribution in [2.45, 2.75) is 31.6 Å². The summed E-state index contributed by atoms with van der Waals surface area (Å²) < 4.78 is 41.3. The number of piperidine rings is 1. The number of nitrogens with one attached hydrogen (secondary N) is 1. The van der Waals surface area contributed by atoms with Crippen molar-refractivity contribution in [3.8, 4) is 0 Å². The number of anilines is 1. The Morgan fingerprint density at radius 2 is 1.81 bits per heavy atom. The summed E-state index contributed by atoms with van der Waals surface area (Å²) in [5.41, 5.74) is 1.60. The predicted molar refractivity (Wildman–Crippen MR) is 103 cm³/mol. The highest BCUT2D eigenvalue weighted by Crippen LogP contribution is 2.26. The van der Waals surface area contributed by atoms with Crippen LogP contribution in [0.3, 0.4) is 0 Å². The zero-order valence-electron chi connectivity index (χ0n) is 15.4. The molecule has 0 atom stereocenters. The quantitative estimate of drug-likeness (QED) is 0.863. The molecule has 0 saturated carbocycles. The summed E-state index contributed by atoms with van der Waals surface area (Å²) in [5.74, 6) is -0.874. The van der Waals surface area contributed by atoms with E-state index in [1.165, 1.54) is 10.4 Å². The third-order valence-corrected chi connectivity index (χ3v) is 6.86. The van der Waals surface area contributed by atoms with Crippen LogP contribution in [0.5, 0.6) is 0 Å². The van der Waals surface area contributed by atoms with Crippen LogP contribution in [0, 0.1) is 18.7 Å². The van der Waals surface area contributed by atoms with Gasteiger partial charge in [0, 0.05) is 24.3 Å². The molecular weight excluding hydrogens is 367 g/mol. The second-order valence-corrected chi connectivity index (χ2v) is 8.91. The van der Waals surface area contributed by atoms with Gasteiger partial charge in [0.25, 0.3) is 5.91 Å². The van der Waals surface area contributed by atoms with Gasteiger partial charge in [0.05, 0.1) is 0 Å². The van der Waals surface area contributed by atoms with Crippen LogP contribution in [0.1, 0.15) is 35.7 Å². The fourth-order valence-electron chi connectivity index (χ4n) is 3.11. The SMILES string of the molecule is Cc1ccccc1NC(=O)c1ccc(F)c(S(=O)(=O)N2CCC(C)CC2)c1. The molecule has 1 amide bonds. The van der Waals surface area contributed by atoms with Crippen LogP contribution in [0.4, 0.5) is 10.1 Å². The molecule has 1 saturated heterocycles. The van der Waals surface area contributed by atoms with E-state index < -0.39 is 26.6 Å². The lowest BCUT2D eigenvalue weighted by Crippen LogP contribution is -2.38. The highest BCUT2D eigenvalue weighted by atomic mass is 32.2. The number of halogens is 1. The minimum Gasteiger partial charge on any atom is -0.322 e. The molecule has 3 rings (SSSR count). The molecule has 144 valence electrons. The zero-order chi connectivity index (χ0) is 19.6. The lowest BCUT2D eigenvalue weighted by Gasteiger charge is -2.29. The Hall–Kier alpha value is -2.25. The van der Waals surface area contributed by atoms with Gasteiger partial charge < -0.3 is 5.32 Å². The van der Waals surface area contributed by atoms with E-state index in [0.717, 1.165) is 30.5 Å². The number of hydrogen-bond donors (Lipinski definition) is 1. The van der Waals surface area contributed by atoms with Crippen molar-refractivity contribution in [1.29, 1.82) is 0 Å². The van der Waals surface area contributed by atoms with Gasteiger partial charge in [-0.1, -0.05) is 25.1 Å². The molecule has 0 aliphatic carbocycles. The van der Waals surface area contributed by atoms with Gasteiger partial charge in [-0.3, -0.25) is 4.79 Å². The van der Waals surface area contributed by atoms with Crippen molar-refractivity contribution >= 4 is 21.6 Å². The van der Waals surface area contributed by atoms with Gasteiger partial charge in [-0.2, -0.15) is 4.31 Å². The van der Waals surface area contributed by atoms with Crippen LogP contribution in [-0.2, 0) is 10.0 Å². The van der Waals surface area contributed by atoms with Crippen LogP contribution in [0.15, 0.2) is 47.4 Å². The van der Waals surface area contributed by atoms with E-state index in [9.17, 15) is 17.6 Å². The fraction of sp³-hybridized carbons (Fsp3) is 0.350. The lowest BCUT2D eigenvalue weighted by atomic mass is 10.0. The molecule has 0 bridgehead atoms. The topological polar surface area (TPSA) is 66.5 Å². The van der Waals surface area contributed by atoms with Gasteiger partial charge in [0.1, 0.15) is 10.7 Å². The summed E-state index contributed by atoms with van der Waals surface area (Å²) in [4.78, 5) is 12.1. The molecule has 1 aliphatic heterocycles. The molecule has 0 unspecified atom stereocenters. The van der Waals surface area contributed by atoms with Crippen LogP contribution >= 0.6 is 0 Å². The fourth-order valence-corrected chi connectivity index (χ4v) is 4.67. The molecule has 5 nitrogen and oxygen atoms in total. The summed E-state index contributed by atoms with van der Waals surface area (Å²) in [6.45, 7) is 4.65. The van der Waals surface area contributed by atoms with E-state index in [2.05, 4.69) is 12.2 Å². The van der Waals surface area contributed by atoms with Crippen molar-refractivity contribution in [3.63, 3.8) is 0 Å². The first-order chi connectivity index (χ1) is 12.8. The minimum atomic E-state index is -3.97. The van der Waals surface area contributed by atoms with E-state index in [1.54, 1.807) is 12.1 Å². The van der Waals surface area contributed by atoms with Crippen molar-refractivity contribution in [2.75, 3.05) is 18.4 Å². The largest absolute Gasteiger partial charge is 0.322 e. The molecule has 0 aromatic heterocycles. The highest BCUT2D eigenvalue weighted by molar-refractivity contribution is 7.89. The standard InChI is InChI=1S/C20H23FN2O3S/c1-14-9-11-23(12-10-14)27(25,26)19-13-16(7-8-17(19)21)20(24)22-18-6-4-3-5-15(18)2/h3-8,13-14H,9-12H2,1-2H3,(H,22,24). The van der Waals surface area contributed by atoms with E-state index >= 15 is 0 Å². The maximum absolute atomic E-state index is 14.3. The summed E-state index contributed by atoms with van der Waals surface area (Å²) >= 11 is 0. The van der Waals surface area contributed by atoms with E-state index in [0.29, 0.717) is 24.7 Å². The van der Waals surface area contributed by atoms with E-state index in [-0.39, 0.29) is 5.56 Å². The first-order valence-electron chi connectivity index (χ1n) is 8.95. The Kier molecular flexibility index (Phi) is 5.62. The first kappa shape index (κ1) is 19.5. The van der Waals surface area contributed by atoms with Gasteiger partial charge in [0.2, 0.25) is 10.0 Å². The maximum Gasteiger partial charge on any atom is 0.255 e. The minimum absolute atomic E-state index is 0.101. The molecule has 1 aliphatic rings. The number of sulfonamides is 1. The van der Waals surface area contributed by atoms with E-state index in [1.807, 2.05) is 19.1 Å². The van der Waals surface area contributed by atoms with Gasteiger partial charge in [-0.25, -0.2) is 12.8 Å². The maximum atomic E-state index is 14.3. The Labute approximate surface area is 159 Å². The van der Waals surface area contributed by atoms with Gasteiger partial charge >= 0.3 is 0 Å². The Morgan fingerprint density at radius 3 is 2.48 bits per heavy atom. The smallest absolute Gasteiger partial charge is 0.255 e. The molecule has 0 radical (unpaired) electrons. The number of benzene rings is 2. The Balaban J connectivity index is 1.88. The third-order valence-electron chi connectivity index (χ3n) is 4.95. The third kappa shape index (κ3) is 4.20. The van der Waals surface area contributed by atoms with Crippen LogP contribution in [0.25, 0.3) is 0 Å². The number of nitrogens with zero attached hydrogens (tertiary/aromatic N) is 1. The summed E-state index contributed by atoms with van der Waals surface area (Å²) in [6.07, 6.45) is 1.49. The zero-order valence-corrected chi connectivity index (χ0v) is 16.2. The monoisotopic (exact) mass is 390 g/mol. The molecule has 2 aromatic carbocycles. The average Bonchev–Trinajstić information content (AvgIpc) is 2.64. The number of rotatable bonds is 4. The number of aryl methyl sites for hydroxylation is 1. The average molecular weight is 390 g/mol. The van der Waals surface area contributed by atoms with Crippen LogP contribution in [0.2, 0.25) is 0 Å². The molecular formula is C20H23FN2O3S. The second kappa shape index (κ2) is 7.78. The van der Waals surface area contributed by atoms with Crippen molar-refractivity contribution in [2.24, 2.45) is 5.92 Å². The normalized spacial score (nSPS) is 16.3. The number of carbonyl (C=O) groups is 1. The molecule has 1 N–H and O–H groups in total. The first-order valence-corrected chi connectivity index (χ1v) is 10.4. The van der Waals surface area contributed by atoms with Gasteiger partial charge in [-0.15, -0.1) is 0 Å². The van der Waals surface area contributed by atoms with Gasteiger partial charge in [0.15, 0.2) is 0 Å². The molecule has 2 aromatic rings. The summed E-state index contributed by atoms with van der Waals surface area (Å²) in [6, 6.07) is 10.7. The van der Waals surface area contributed by atoms with Crippen LogP contribution < -0.4 is 5.32 Å². The van der Waals surface area contributed by atoms with Crippen molar-refractivity contribution < 1.29 is 17.6 Å². The summed E-state index contributed by atoms with van der Waals surface area (Å²) in [7, 11) is -3.97. The molecule has 7 heteroatoms. The Bertz CT molecular complexity index is 951. The molecule has 0 spiro atoms. The predicted octanol–water partition coefficient (Wildman–Crippen LogP) is 3.81. The number of para-hydroxylation sites is 1. The molecule has 1 heterocycles. The number of amides is 1. The molecule has 1 fully saturated rings. The van der Waals surface area contributed by atoms with E-state index in [4.69, 9.17) is 0 Å².